The Morgan fingerprint density at radius 2 is 1.90 bits per heavy atom. The first-order valence-corrected chi connectivity index (χ1v) is 10.5. The molecule has 31 heavy (non-hydrogen) atoms. The van der Waals surface area contributed by atoms with Gasteiger partial charge >= 0.3 is 0 Å². The molecule has 6 rings (SSSR count). The van der Waals surface area contributed by atoms with E-state index in [1.165, 1.54) is 5.39 Å². The van der Waals surface area contributed by atoms with Crippen LogP contribution in [-0.2, 0) is 0 Å². The quantitative estimate of drug-likeness (QED) is 0.417. The van der Waals surface area contributed by atoms with Crippen molar-refractivity contribution in [3.8, 4) is 17.0 Å². The van der Waals surface area contributed by atoms with Gasteiger partial charge in [-0.05, 0) is 37.6 Å². The summed E-state index contributed by atoms with van der Waals surface area (Å²) >= 11 is 0. The fraction of sp³-hybridized carbons (Fsp3) is 0.200. The maximum absolute atomic E-state index is 6.25. The summed E-state index contributed by atoms with van der Waals surface area (Å²) < 4.78 is 8.23. The molecule has 5 aromatic rings. The van der Waals surface area contributed by atoms with Gasteiger partial charge in [-0.25, -0.2) is 9.97 Å². The van der Waals surface area contributed by atoms with E-state index in [-0.39, 0.29) is 0 Å². The third-order valence-corrected chi connectivity index (χ3v) is 5.94. The number of hydrogen-bond acceptors (Lipinski definition) is 5. The molecule has 1 aliphatic rings. The van der Waals surface area contributed by atoms with Gasteiger partial charge in [-0.1, -0.05) is 24.3 Å². The van der Waals surface area contributed by atoms with E-state index < -0.39 is 0 Å². The largest absolute Gasteiger partial charge is 0.477 e. The Bertz CT molecular complexity index is 1410. The molecule has 4 heterocycles. The first kappa shape index (κ1) is 18.0. The standard InChI is InChI=1S/C25H21N5O/c1-16-27-14-21(19-6-4-11-30-12-10-26-24(19)30)25(28-16)31-15-18-13-20(18)23-9-8-17-5-2-3-7-22(17)29-23/h2-12,14,18,20H,13,15H2,1H3/t18-,20+/m1/s1. The Balaban J connectivity index is 1.24. The molecule has 0 unspecified atom stereocenters. The van der Waals surface area contributed by atoms with Gasteiger partial charge in [-0.2, -0.15) is 4.98 Å². The Kier molecular flexibility index (Phi) is 4.16. The van der Waals surface area contributed by atoms with Crippen LogP contribution in [0.4, 0.5) is 0 Å². The van der Waals surface area contributed by atoms with Crippen LogP contribution < -0.4 is 4.74 Å². The van der Waals surface area contributed by atoms with E-state index in [1.54, 1.807) is 6.20 Å². The number of para-hydroxylation sites is 1. The molecular formula is C25H21N5O. The van der Waals surface area contributed by atoms with Crippen LogP contribution in [0.15, 0.2) is 73.3 Å². The summed E-state index contributed by atoms with van der Waals surface area (Å²) in [5, 5.41) is 1.17. The van der Waals surface area contributed by atoms with Crippen LogP contribution in [0.1, 0.15) is 23.9 Å². The highest BCUT2D eigenvalue weighted by Crippen LogP contribution is 2.47. The van der Waals surface area contributed by atoms with E-state index in [1.807, 2.05) is 54.2 Å². The molecule has 0 bridgehead atoms. The highest BCUT2D eigenvalue weighted by atomic mass is 16.5. The van der Waals surface area contributed by atoms with Crippen LogP contribution in [0.5, 0.6) is 5.88 Å². The molecule has 152 valence electrons. The van der Waals surface area contributed by atoms with Gasteiger partial charge in [0.05, 0.1) is 17.7 Å². The highest BCUT2D eigenvalue weighted by molar-refractivity contribution is 5.80. The van der Waals surface area contributed by atoms with E-state index in [0.717, 1.165) is 34.4 Å². The number of pyridine rings is 2. The predicted molar refractivity (Wildman–Crippen MR) is 119 cm³/mol. The maximum atomic E-state index is 6.25. The van der Waals surface area contributed by atoms with Crippen LogP contribution in [0.2, 0.25) is 0 Å². The average molecular weight is 407 g/mol. The van der Waals surface area contributed by atoms with Gasteiger partial charge in [0.1, 0.15) is 11.5 Å². The lowest BCUT2D eigenvalue weighted by Gasteiger charge is -2.12. The number of imidazole rings is 1. The Morgan fingerprint density at radius 3 is 2.87 bits per heavy atom. The van der Waals surface area contributed by atoms with Gasteiger partial charge in [0.25, 0.3) is 0 Å². The maximum Gasteiger partial charge on any atom is 0.224 e. The van der Waals surface area contributed by atoms with E-state index >= 15 is 0 Å². The second-order valence-electron chi connectivity index (χ2n) is 8.06. The summed E-state index contributed by atoms with van der Waals surface area (Å²) in [7, 11) is 0. The normalized spacial score (nSPS) is 17.8. The third-order valence-electron chi connectivity index (χ3n) is 5.94. The van der Waals surface area contributed by atoms with Crippen molar-refractivity contribution in [1.29, 1.82) is 0 Å². The van der Waals surface area contributed by atoms with Crippen LogP contribution >= 0.6 is 0 Å². The van der Waals surface area contributed by atoms with Crippen LogP contribution in [-0.4, -0.2) is 30.9 Å². The van der Waals surface area contributed by atoms with Gasteiger partial charge in [0.15, 0.2) is 0 Å². The van der Waals surface area contributed by atoms with E-state index in [9.17, 15) is 0 Å². The summed E-state index contributed by atoms with van der Waals surface area (Å²) in [6.07, 6.45) is 8.61. The predicted octanol–water partition coefficient (Wildman–Crippen LogP) is 4.83. The molecule has 6 heteroatoms. The van der Waals surface area contributed by atoms with Crippen molar-refractivity contribution in [3.05, 3.63) is 84.8 Å². The smallest absolute Gasteiger partial charge is 0.224 e. The van der Waals surface area contributed by atoms with Gasteiger partial charge in [-0.15, -0.1) is 0 Å². The van der Waals surface area contributed by atoms with Crippen molar-refractivity contribution in [2.45, 2.75) is 19.3 Å². The molecule has 0 saturated heterocycles. The molecule has 0 spiro atoms. The van der Waals surface area contributed by atoms with Crippen molar-refractivity contribution in [3.63, 3.8) is 0 Å². The van der Waals surface area contributed by atoms with Crippen LogP contribution in [0.3, 0.4) is 0 Å². The molecule has 1 fully saturated rings. The lowest BCUT2D eigenvalue weighted by Crippen LogP contribution is -2.06. The SMILES string of the molecule is Cc1ncc(-c2cccn3ccnc23)c(OC[C@H]2C[C@@H]2c2ccc3ccccc3n2)n1. The first-order chi connectivity index (χ1) is 15.3. The number of fused-ring (bicyclic) bond motifs is 2. The topological polar surface area (TPSA) is 65.2 Å². The Morgan fingerprint density at radius 1 is 0.968 bits per heavy atom. The molecule has 0 radical (unpaired) electrons. The minimum absolute atomic E-state index is 0.437. The van der Waals surface area contributed by atoms with E-state index in [4.69, 9.17) is 9.72 Å². The summed E-state index contributed by atoms with van der Waals surface area (Å²) in [5.74, 6) is 2.18. The third kappa shape index (κ3) is 3.30. The summed E-state index contributed by atoms with van der Waals surface area (Å²) in [5.41, 5.74) is 4.89. The van der Waals surface area contributed by atoms with Crippen molar-refractivity contribution >= 4 is 16.6 Å². The number of rotatable bonds is 5. The van der Waals surface area contributed by atoms with Crippen LogP contribution in [0.25, 0.3) is 27.7 Å². The molecule has 0 aliphatic heterocycles. The fourth-order valence-electron chi connectivity index (χ4n) is 4.17. The number of nitrogens with zero attached hydrogens (tertiary/aromatic N) is 5. The molecule has 1 aromatic carbocycles. The molecular weight excluding hydrogens is 386 g/mol. The lowest BCUT2D eigenvalue weighted by atomic mass is 10.1. The van der Waals surface area contributed by atoms with Crippen molar-refractivity contribution in [1.82, 2.24) is 24.3 Å². The number of benzene rings is 1. The lowest BCUT2D eigenvalue weighted by molar-refractivity contribution is 0.285. The zero-order valence-corrected chi connectivity index (χ0v) is 17.1. The second kappa shape index (κ2) is 7.16. The number of aryl methyl sites for hydroxylation is 1. The first-order valence-electron chi connectivity index (χ1n) is 10.5. The monoisotopic (exact) mass is 407 g/mol. The summed E-state index contributed by atoms with van der Waals surface area (Å²) in [6.45, 7) is 2.49. The zero-order chi connectivity index (χ0) is 20.8. The molecule has 6 nitrogen and oxygen atoms in total. The minimum atomic E-state index is 0.437. The van der Waals surface area contributed by atoms with Crippen molar-refractivity contribution < 1.29 is 4.74 Å². The number of hydrogen-bond donors (Lipinski definition) is 0. The molecule has 1 saturated carbocycles. The van der Waals surface area contributed by atoms with Gasteiger partial charge in [0.2, 0.25) is 5.88 Å². The van der Waals surface area contributed by atoms with Crippen molar-refractivity contribution in [2.75, 3.05) is 6.61 Å². The highest BCUT2D eigenvalue weighted by Gasteiger charge is 2.40. The minimum Gasteiger partial charge on any atom is -0.477 e. The second-order valence-corrected chi connectivity index (χ2v) is 8.06. The van der Waals surface area contributed by atoms with E-state index in [2.05, 4.69) is 39.2 Å². The molecule has 2 atom stereocenters. The Hall–Kier alpha value is -3.80. The number of aromatic nitrogens is 5. The molecule has 1 aliphatic carbocycles. The average Bonchev–Trinajstić information content (AvgIpc) is 3.42. The Labute approximate surface area is 179 Å². The van der Waals surface area contributed by atoms with Gasteiger partial charge in [-0.3, -0.25) is 4.98 Å². The fourth-order valence-corrected chi connectivity index (χ4v) is 4.17. The van der Waals surface area contributed by atoms with Gasteiger partial charge < -0.3 is 9.14 Å². The zero-order valence-electron chi connectivity index (χ0n) is 17.1. The molecule has 4 aromatic heterocycles. The number of ether oxygens (including phenoxy) is 1. The summed E-state index contributed by atoms with van der Waals surface area (Å²) in [6, 6.07) is 16.6. The van der Waals surface area contributed by atoms with Crippen LogP contribution in [0, 0.1) is 12.8 Å². The molecule has 0 N–H and O–H groups in total. The van der Waals surface area contributed by atoms with Gasteiger partial charge in [0, 0.05) is 53.3 Å². The summed E-state index contributed by atoms with van der Waals surface area (Å²) in [4.78, 5) is 18.3. The van der Waals surface area contributed by atoms with Crippen molar-refractivity contribution in [2.24, 2.45) is 5.92 Å². The van der Waals surface area contributed by atoms with E-state index in [0.29, 0.717) is 30.1 Å². The molecule has 0 amide bonds.